The van der Waals surface area contributed by atoms with E-state index in [2.05, 4.69) is 16.0 Å². The number of piperidine rings is 1. The second kappa shape index (κ2) is 15.3. The predicted octanol–water partition coefficient (Wildman–Crippen LogP) is 1.97. The molecule has 1 unspecified atom stereocenters. The number of nitrogens with two attached hydrogens (primary N) is 1. The molecular formula is C32H43N5O5. The Morgan fingerprint density at radius 2 is 1.90 bits per heavy atom. The Labute approximate surface area is 247 Å². The van der Waals surface area contributed by atoms with Crippen LogP contribution >= 0.6 is 0 Å². The number of carbonyl (C=O) groups excluding carboxylic acids is 4. The molecular weight excluding hydrogens is 534 g/mol. The minimum absolute atomic E-state index is 0.0279. The van der Waals surface area contributed by atoms with Gasteiger partial charge in [-0.05, 0) is 73.8 Å². The number of fused-ring (bicyclic) bond motifs is 4. The maximum Gasteiger partial charge on any atom is 0.243 e. The molecule has 226 valence electrons. The molecule has 1 saturated heterocycles. The van der Waals surface area contributed by atoms with Crippen molar-refractivity contribution in [1.82, 2.24) is 20.9 Å². The lowest BCUT2D eigenvalue weighted by atomic mass is 9.94. The smallest absolute Gasteiger partial charge is 0.243 e. The summed E-state index contributed by atoms with van der Waals surface area (Å²) in [4.78, 5) is 54.7. The van der Waals surface area contributed by atoms with Gasteiger partial charge < -0.3 is 31.3 Å². The molecule has 0 saturated carbocycles. The van der Waals surface area contributed by atoms with E-state index in [0.717, 1.165) is 41.7 Å². The normalized spacial score (nSPS) is 22.2. The Morgan fingerprint density at radius 3 is 2.69 bits per heavy atom. The molecule has 4 rings (SSSR count). The number of amides is 4. The lowest BCUT2D eigenvalue weighted by Gasteiger charge is -2.34. The number of aryl methyl sites for hydroxylation is 2. The van der Waals surface area contributed by atoms with Crippen molar-refractivity contribution in [2.45, 2.75) is 70.5 Å². The number of ether oxygens (including phenoxy) is 1. The summed E-state index contributed by atoms with van der Waals surface area (Å²) in [5.74, 6) is -0.510. The van der Waals surface area contributed by atoms with Gasteiger partial charge in [0.25, 0.3) is 0 Å². The Bertz CT molecular complexity index is 1240. The number of benzene rings is 2. The first-order chi connectivity index (χ1) is 20.3. The average molecular weight is 578 g/mol. The van der Waals surface area contributed by atoms with Crippen LogP contribution in [-0.4, -0.2) is 66.9 Å². The van der Waals surface area contributed by atoms with Crippen LogP contribution in [0.1, 0.15) is 55.2 Å². The van der Waals surface area contributed by atoms with E-state index in [1.54, 1.807) is 4.90 Å². The van der Waals surface area contributed by atoms with Crippen LogP contribution in [0, 0.1) is 12.8 Å². The molecule has 0 aliphatic carbocycles. The molecule has 2 aromatic rings. The number of nitrogens with zero attached hydrogens (tertiary/aromatic N) is 1. The first-order valence-electron chi connectivity index (χ1n) is 14.9. The average Bonchev–Trinajstić information content (AvgIpc) is 2.99. The van der Waals surface area contributed by atoms with Crippen molar-refractivity contribution in [1.29, 1.82) is 0 Å². The highest BCUT2D eigenvalue weighted by atomic mass is 16.5. The van der Waals surface area contributed by atoms with Crippen molar-refractivity contribution in [3.8, 4) is 5.75 Å². The zero-order valence-corrected chi connectivity index (χ0v) is 24.4. The van der Waals surface area contributed by atoms with Gasteiger partial charge >= 0.3 is 0 Å². The summed E-state index contributed by atoms with van der Waals surface area (Å²) in [5.41, 5.74) is 8.53. The van der Waals surface area contributed by atoms with E-state index in [4.69, 9.17) is 10.5 Å². The van der Waals surface area contributed by atoms with Crippen molar-refractivity contribution >= 4 is 23.6 Å². The first kappa shape index (κ1) is 31.0. The number of hydrogen-bond donors (Lipinski definition) is 4. The molecule has 1 fully saturated rings. The molecule has 10 heteroatoms. The largest absolute Gasteiger partial charge is 0.494 e. The second-order valence-electron chi connectivity index (χ2n) is 11.2. The molecule has 0 spiro atoms. The molecule has 2 aliphatic heterocycles. The fourth-order valence-electron chi connectivity index (χ4n) is 5.51. The Balaban J connectivity index is 1.60. The van der Waals surface area contributed by atoms with Crippen LogP contribution < -0.4 is 26.4 Å². The highest BCUT2D eigenvalue weighted by Gasteiger charge is 2.31. The van der Waals surface area contributed by atoms with E-state index < -0.39 is 23.9 Å². The lowest BCUT2D eigenvalue weighted by molar-refractivity contribution is -0.138. The van der Waals surface area contributed by atoms with Crippen molar-refractivity contribution in [3.63, 3.8) is 0 Å². The summed E-state index contributed by atoms with van der Waals surface area (Å²) in [6.07, 6.45) is 3.39. The van der Waals surface area contributed by atoms with Gasteiger partial charge in [-0.25, -0.2) is 0 Å². The number of carbonyl (C=O) groups is 4. The third kappa shape index (κ3) is 9.04. The first-order valence-corrected chi connectivity index (χ1v) is 14.9. The van der Waals surface area contributed by atoms with Crippen LogP contribution in [0.25, 0.3) is 0 Å². The molecule has 2 heterocycles. The van der Waals surface area contributed by atoms with E-state index in [0.29, 0.717) is 32.5 Å². The fraction of sp³-hybridized carbons (Fsp3) is 0.500. The van der Waals surface area contributed by atoms with Gasteiger partial charge in [0.1, 0.15) is 17.8 Å². The highest BCUT2D eigenvalue weighted by Crippen LogP contribution is 2.23. The fourth-order valence-corrected chi connectivity index (χ4v) is 5.51. The SMILES string of the molecule is Cc1ccc2cc1CNC(=O)[C@H](CCc1ccccc1)NC(=O)[C@@H](NC(=O)CCN)CC(=O)N1CCCC(CCO2)C1. The van der Waals surface area contributed by atoms with Gasteiger partial charge in [0.05, 0.1) is 13.0 Å². The van der Waals surface area contributed by atoms with E-state index in [1.807, 2.05) is 55.5 Å². The number of hydrogen-bond acceptors (Lipinski definition) is 6. The minimum atomic E-state index is -1.12. The number of nitrogens with one attached hydrogen (secondary N) is 3. The molecule has 4 bridgehead atoms. The third-order valence-corrected chi connectivity index (χ3v) is 8.04. The van der Waals surface area contributed by atoms with Crippen molar-refractivity contribution < 1.29 is 23.9 Å². The summed E-state index contributed by atoms with van der Waals surface area (Å²) >= 11 is 0. The van der Waals surface area contributed by atoms with Crippen LogP contribution in [0.15, 0.2) is 48.5 Å². The number of rotatable bonds is 6. The van der Waals surface area contributed by atoms with Crippen LogP contribution in [0.5, 0.6) is 5.75 Å². The van der Waals surface area contributed by atoms with Gasteiger partial charge in [0, 0.05) is 32.6 Å². The van der Waals surface area contributed by atoms with E-state index in [1.165, 1.54) is 0 Å². The van der Waals surface area contributed by atoms with Crippen molar-refractivity contribution in [2.75, 3.05) is 26.2 Å². The zero-order valence-electron chi connectivity index (χ0n) is 24.4. The van der Waals surface area contributed by atoms with Gasteiger partial charge in [0.2, 0.25) is 23.6 Å². The van der Waals surface area contributed by atoms with Crippen LogP contribution in [0.4, 0.5) is 0 Å². The van der Waals surface area contributed by atoms with Crippen LogP contribution in [0.2, 0.25) is 0 Å². The standard InChI is InChI=1S/C32H43N5O5/c1-22-9-11-26-18-25(22)20-34-31(40)27(12-10-23-6-3-2-4-7-23)36-32(41)28(35-29(38)13-15-33)19-30(39)37-16-5-8-24(21-37)14-17-42-26/h2-4,6-7,9,11,18,24,27-28H,5,8,10,12-17,19-21,33H2,1H3,(H,34,40)(H,35,38)(H,36,41)/t24?,27-,28-/m0/s1. The second-order valence-corrected chi connectivity index (χ2v) is 11.2. The summed E-state index contributed by atoms with van der Waals surface area (Å²) in [6.45, 7) is 4.07. The zero-order chi connectivity index (χ0) is 29.9. The van der Waals surface area contributed by atoms with Gasteiger partial charge in [-0.1, -0.05) is 36.4 Å². The van der Waals surface area contributed by atoms with E-state index >= 15 is 0 Å². The van der Waals surface area contributed by atoms with Gasteiger partial charge in [-0.3, -0.25) is 19.2 Å². The van der Waals surface area contributed by atoms with E-state index in [9.17, 15) is 19.2 Å². The summed E-state index contributed by atoms with van der Waals surface area (Å²) < 4.78 is 6.07. The molecule has 4 amide bonds. The van der Waals surface area contributed by atoms with Crippen molar-refractivity contribution in [2.24, 2.45) is 11.7 Å². The molecule has 0 radical (unpaired) electrons. The quantitative estimate of drug-likeness (QED) is 0.414. The van der Waals surface area contributed by atoms with Crippen LogP contribution in [-0.2, 0) is 32.1 Å². The Morgan fingerprint density at radius 1 is 1.10 bits per heavy atom. The monoisotopic (exact) mass is 577 g/mol. The molecule has 2 aliphatic rings. The summed E-state index contributed by atoms with van der Waals surface area (Å²) in [6, 6.07) is 13.6. The van der Waals surface area contributed by atoms with Gasteiger partial charge in [-0.15, -0.1) is 0 Å². The maximum atomic E-state index is 13.6. The van der Waals surface area contributed by atoms with Crippen LogP contribution in [0.3, 0.4) is 0 Å². The van der Waals surface area contributed by atoms with Crippen molar-refractivity contribution in [3.05, 3.63) is 65.2 Å². The topological polar surface area (TPSA) is 143 Å². The molecule has 2 aromatic carbocycles. The molecule has 3 atom stereocenters. The Kier molecular flexibility index (Phi) is 11.3. The van der Waals surface area contributed by atoms with Gasteiger partial charge in [0.15, 0.2) is 0 Å². The lowest BCUT2D eigenvalue weighted by Crippen LogP contribution is -2.55. The minimum Gasteiger partial charge on any atom is -0.494 e. The molecule has 5 N–H and O–H groups in total. The summed E-state index contributed by atoms with van der Waals surface area (Å²) in [7, 11) is 0. The third-order valence-electron chi connectivity index (χ3n) is 8.04. The van der Waals surface area contributed by atoms with Gasteiger partial charge in [-0.2, -0.15) is 0 Å². The highest BCUT2D eigenvalue weighted by molar-refractivity contribution is 5.95. The summed E-state index contributed by atoms with van der Waals surface area (Å²) in [5, 5.41) is 8.50. The molecule has 10 nitrogen and oxygen atoms in total. The molecule has 0 aromatic heterocycles. The van der Waals surface area contributed by atoms with E-state index in [-0.39, 0.29) is 43.7 Å². The Hall–Kier alpha value is -3.92. The predicted molar refractivity (Wildman–Crippen MR) is 159 cm³/mol. The molecule has 42 heavy (non-hydrogen) atoms. The maximum absolute atomic E-state index is 13.6.